The Morgan fingerprint density at radius 2 is 1.92 bits per heavy atom. The molecule has 0 bridgehead atoms. The summed E-state index contributed by atoms with van der Waals surface area (Å²) >= 11 is 5.96. The van der Waals surface area contributed by atoms with E-state index >= 15 is 0 Å². The maximum atomic E-state index is 8.63. The molecule has 0 radical (unpaired) electrons. The highest BCUT2D eigenvalue weighted by Gasteiger charge is 2.03. The van der Waals surface area contributed by atoms with Crippen LogP contribution >= 0.6 is 11.6 Å². The van der Waals surface area contributed by atoms with E-state index in [-0.39, 0.29) is 12.0 Å². The van der Waals surface area contributed by atoms with E-state index in [1.54, 1.807) is 0 Å². The predicted octanol–water partition coefficient (Wildman–Crippen LogP) is 2.22. The molecule has 1 N–H and O–H groups in total. The molecule has 0 aliphatic rings. The highest BCUT2D eigenvalue weighted by Crippen LogP contribution is 2.10. The van der Waals surface area contributed by atoms with E-state index < -0.39 is 0 Å². The van der Waals surface area contributed by atoms with Crippen molar-refractivity contribution < 1.29 is 5.11 Å². The first-order chi connectivity index (χ1) is 5.83. The molecule has 0 aromatic heterocycles. The van der Waals surface area contributed by atoms with Gasteiger partial charge >= 0.3 is 0 Å². The van der Waals surface area contributed by atoms with Crippen molar-refractivity contribution in [2.24, 2.45) is 0 Å². The minimum atomic E-state index is 0.0531. The molecule has 0 saturated carbocycles. The molecular formula is C10H13ClO. The number of hydrogen-bond donors (Lipinski definition) is 1. The van der Waals surface area contributed by atoms with Gasteiger partial charge in [-0.2, -0.15) is 0 Å². The number of alkyl halides is 1. The summed E-state index contributed by atoms with van der Waals surface area (Å²) in [6, 6.07) is 10.1. The third kappa shape index (κ3) is 3.24. The lowest BCUT2D eigenvalue weighted by Gasteiger charge is -2.06. The van der Waals surface area contributed by atoms with Crippen molar-refractivity contribution in [2.45, 2.75) is 18.2 Å². The molecule has 12 heavy (non-hydrogen) atoms. The van der Waals surface area contributed by atoms with E-state index in [0.29, 0.717) is 6.42 Å². The Bertz CT molecular complexity index is 210. The van der Waals surface area contributed by atoms with Gasteiger partial charge in [-0.15, -0.1) is 11.6 Å². The topological polar surface area (TPSA) is 20.2 Å². The molecule has 0 aliphatic carbocycles. The van der Waals surface area contributed by atoms with Crippen LogP contribution in [-0.4, -0.2) is 17.1 Å². The molecule has 1 nitrogen and oxygen atoms in total. The van der Waals surface area contributed by atoms with E-state index in [0.717, 1.165) is 6.42 Å². The first-order valence-corrected chi connectivity index (χ1v) is 4.55. The Hall–Kier alpha value is -0.530. The van der Waals surface area contributed by atoms with Gasteiger partial charge in [0.15, 0.2) is 0 Å². The van der Waals surface area contributed by atoms with Gasteiger partial charge in [-0.05, 0) is 18.4 Å². The van der Waals surface area contributed by atoms with Crippen molar-refractivity contribution in [3.8, 4) is 0 Å². The lowest BCUT2D eigenvalue weighted by Crippen LogP contribution is -2.05. The summed E-state index contributed by atoms with van der Waals surface area (Å²) in [5.41, 5.74) is 1.23. The summed E-state index contributed by atoms with van der Waals surface area (Å²) in [7, 11) is 0. The van der Waals surface area contributed by atoms with E-state index in [4.69, 9.17) is 16.7 Å². The summed E-state index contributed by atoms with van der Waals surface area (Å²) in [6.45, 7) is 0.168. The smallest absolute Gasteiger partial charge is 0.0445 e. The second-order valence-corrected chi connectivity index (χ2v) is 3.42. The molecule has 0 saturated heterocycles. The van der Waals surface area contributed by atoms with Gasteiger partial charge < -0.3 is 5.11 Å². The Balaban J connectivity index is 2.41. The first kappa shape index (κ1) is 9.56. The van der Waals surface area contributed by atoms with Gasteiger partial charge in [0.2, 0.25) is 0 Å². The Labute approximate surface area is 78.0 Å². The van der Waals surface area contributed by atoms with Crippen LogP contribution in [-0.2, 0) is 6.42 Å². The number of hydrogen-bond acceptors (Lipinski definition) is 1. The van der Waals surface area contributed by atoms with Crippen LogP contribution in [0.3, 0.4) is 0 Å². The van der Waals surface area contributed by atoms with Crippen molar-refractivity contribution in [2.75, 3.05) is 6.61 Å². The molecule has 0 unspecified atom stereocenters. The maximum absolute atomic E-state index is 8.63. The Morgan fingerprint density at radius 3 is 2.50 bits per heavy atom. The second kappa shape index (κ2) is 5.18. The molecule has 1 aromatic carbocycles. The summed E-state index contributed by atoms with van der Waals surface area (Å²) in [5.74, 6) is 0. The zero-order valence-corrected chi connectivity index (χ0v) is 7.67. The van der Waals surface area contributed by atoms with Crippen LogP contribution in [0.15, 0.2) is 30.3 Å². The predicted molar refractivity (Wildman–Crippen MR) is 51.5 cm³/mol. The zero-order valence-electron chi connectivity index (χ0n) is 6.91. The minimum absolute atomic E-state index is 0.0531. The molecule has 0 aliphatic heterocycles. The van der Waals surface area contributed by atoms with Gasteiger partial charge in [0, 0.05) is 12.0 Å². The Morgan fingerprint density at radius 1 is 1.25 bits per heavy atom. The molecular weight excluding hydrogens is 172 g/mol. The average molecular weight is 185 g/mol. The highest BCUT2D eigenvalue weighted by atomic mass is 35.5. The van der Waals surface area contributed by atoms with Crippen LogP contribution in [0.2, 0.25) is 0 Å². The molecule has 1 rings (SSSR count). The number of halogens is 1. The van der Waals surface area contributed by atoms with Gasteiger partial charge in [-0.25, -0.2) is 0 Å². The number of aliphatic hydroxyl groups is 1. The van der Waals surface area contributed by atoms with Crippen LogP contribution in [0.5, 0.6) is 0 Å². The van der Waals surface area contributed by atoms with Gasteiger partial charge in [-0.3, -0.25) is 0 Å². The molecule has 66 valence electrons. The fraction of sp³-hybridized carbons (Fsp3) is 0.400. The monoisotopic (exact) mass is 184 g/mol. The van der Waals surface area contributed by atoms with Crippen LogP contribution in [0.1, 0.15) is 12.0 Å². The summed E-state index contributed by atoms with van der Waals surface area (Å²) in [6.07, 6.45) is 1.50. The van der Waals surface area contributed by atoms with E-state index in [1.165, 1.54) is 5.56 Å². The lowest BCUT2D eigenvalue weighted by molar-refractivity contribution is 0.286. The largest absolute Gasteiger partial charge is 0.396 e. The molecule has 1 atom stereocenters. The molecule has 0 amide bonds. The fourth-order valence-corrected chi connectivity index (χ4v) is 1.39. The van der Waals surface area contributed by atoms with Crippen molar-refractivity contribution in [1.29, 1.82) is 0 Å². The highest BCUT2D eigenvalue weighted by molar-refractivity contribution is 6.20. The quantitative estimate of drug-likeness (QED) is 0.712. The third-order valence-electron chi connectivity index (χ3n) is 1.74. The average Bonchev–Trinajstić information content (AvgIpc) is 2.06. The van der Waals surface area contributed by atoms with Crippen LogP contribution in [0, 0.1) is 0 Å². The molecule has 1 aromatic rings. The number of benzene rings is 1. The third-order valence-corrected chi connectivity index (χ3v) is 2.11. The Kier molecular flexibility index (Phi) is 4.12. The molecule has 0 fully saturated rings. The molecule has 0 heterocycles. The number of rotatable bonds is 4. The SMILES string of the molecule is OCC[C@H](Cl)Cc1ccccc1. The standard InChI is InChI=1S/C10H13ClO/c11-10(6-7-12)8-9-4-2-1-3-5-9/h1-5,10,12H,6-8H2/t10-/m0/s1. The van der Waals surface area contributed by atoms with E-state index in [9.17, 15) is 0 Å². The lowest BCUT2D eigenvalue weighted by atomic mass is 10.1. The van der Waals surface area contributed by atoms with Gasteiger partial charge in [-0.1, -0.05) is 30.3 Å². The number of aliphatic hydroxyl groups excluding tert-OH is 1. The van der Waals surface area contributed by atoms with Crippen molar-refractivity contribution in [3.63, 3.8) is 0 Å². The van der Waals surface area contributed by atoms with E-state index in [2.05, 4.69) is 0 Å². The van der Waals surface area contributed by atoms with E-state index in [1.807, 2.05) is 30.3 Å². The molecule has 2 heteroatoms. The van der Waals surface area contributed by atoms with Crippen LogP contribution in [0.25, 0.3) is 0 Å². The zero-order chi connectivity index (χ0) is 8.81. The normalized spacial score (nSPS) is 12.8. The molecule has 0 spiro atoms. The maximum Gasteiger partial charge on any atom is 0.0445 e. The first-order valence-electron chi connectivity index (χ1n) is 4.12. The van der Waals surface area contributed by atoms with Crippen LogP contribution < -0.4 is 0 Å². The summed E-state index contributed by atoms with van der Waals surface area (Å²) in [5, 5.41) is 8.68. The van der Waals surface area contributed by atoms with Crippen molar-refractivity contribution in [3.05, 3.63) is 35.9 Å². The van der Waals surface area contributed by atoms with Crippen molar-refractivity contribution >= 4 is 11.6 Å². The fourth-order valence-electron chi connectivity index (χ4n) is 1.11. The van der Waals surface area contributed by atoms with Gasteiger partial charge in [0.25, 0.3) is 0 Å². The van der Waals surface area contributed by atoms with Crippen LogP contribution in [0.4, 0.5) is 0 Å². The van der Waals surface area contributed by atoms with Crippen molar-refractivity contribution in [1.82, 2.24) is 0 Å². The second-order valence-electron chi connectivity index (χ2n) is 2.80. The summed E-state index contributed by atoms with van der Waals surface area (Å²) in [4.78, 5) is 0. The van der Waals surface area contributed by atoms with Gasteiger partial charge in [0.05, 0.1) is 0 Å². The summed E-state index contributed by atoms with van der Waals surface area (Å²) < 4.78 is 0. The van der Waals surface area contributed by atoms with Gasteiger partial charge in [0.1, 0.15) is 0 Å². The minimum Gasteiger partial charge on any atom is -0.396 e.